The lowest BCUT2D eigenvalue weighted by Crippen LogP contribution is -2.40. The molecule has 1 aromatic rings. The van der Waals surface area contributed by atoms with Crippen LogP contribution in [0.25, 0.3) is 0 Å². The number of carbonyl (C=O) groups is 2. The van der Waals surface area contributed by atoms with Crippen LogP contribution in [-0.2, 0) is 9.59 Å². The van der Waals surface area contributed by atoms with Gasteiger partial charge in [-0.15, -0.1) is 0 Å². The molecule has 2 aliphatic rings. The van der Waals surface area contributed by atoms with Gasteiger partial charge in [0.2, 0.25) is 11.8 Å². The van der Waals surface area contributed by atoms with E-state index in [1.54, 1.807) is 0 Å². The van der Waals surface area contributed by atoms with E-state index in [1.165, 1.54) is 6.42 Å². The zero-order valence-electron chi connectivity index (χ0n) is 14.3. The van der Waals surface area contributed by atoms with Gasteiger partial charge < -0.3 is 10.2 Å². The van der Waals surface area contributed by atoms with E-state index in [-0.39, 0.29) is 23.7 Å². The van der Waals surface area contributed by atoms with E-state index in [9.17, 15) is 9.59 Å². The van der Waals surface area contributed by atoms with Crippen molar-refractivity contribution >= 4 is 17.5 Å². The topological polar surface area (TPSA) is 49.4 Å². The van der Waals surface area contributed by atoms with E-state index < -0.39 is 0 Å². The molecule has 1 heterocycles. The van der Waals surface area contributed by atoms with Crippen molar-refractivity contribution in [2.24, 2.45) is 17.8 Å². The summed E-state index contributed by atoms with van der Waals surface area (Å²) in [4.78, 5) is 26.9. The van der Waals surface area contributed by atoms with E-state index in [0.717, 1.165) is 36.3 Å². The Morgan fingerprint density at radius 2 is 2.00 bits per heavy atom. The summed E-state index contributed by atoms with van der Waals surface area (Å²) in [7, 11) is 0. The first-order chi connectivity index (χ1) is 11.0. The third-order valence-corrected chi connectivity index (χ3v) is 5.06. The lowest BCUT2D eigenvalue weighted by atomic mass is 10.00. The van der Waals surface area contributed by atoms with Crippen molar-refractivity contribution in [2.45, 2.75) is 40.0 Å². The number of carbonyl (C=O) groups excluding carboxylic acids is 2. The Labute approximate surface area is 138 Å². The van der Waals surface area contributed by atoms with Crippen LogP contribution in [0, 0.1) is 31.6 Å². The third kappa shape index (κ3) is 3.57. The zero-order chi connectivity index (χ0) is 16.6. The first-order valence-electron chi connectivity index (χ1n) is 8.62. The fraction of sp³-hybridized carbons (Fsp3) is 0.579. The average molecular weight is 314 g/mol. The molecule has 3 rings (SSSR count). The Morgan fingerprint density at radius 3 is 2.74 bits per heavy atom. The molecule has 3 atom stereocenters. The SMILES string of the molecule is Cc1ccc(C)c(NC(=O)C2CC2C(=O)N2CCCC(C)C2)c1. The number of aryl methyl sites for hydroxylation is 2. The number of benzene rings is 1. The van der Waals surface area contributed by atoms with Gasteiger partial charge in [0.1, 0.15) is 0 Å². The molecule has 124 valence electrons. The number of anilines is 1. The highest BCUT2D eigenvalue weighted by Crippen LogP contribution is 2.41. The molecule has 2 fully saturated rings. The number of hydrogen-bond acceptors (Lipinski definition) is 2. The second kappa shape index (κ2) is 6.34. The molecule has 0 aromatic heterocycles. The molecule has 1 saturated heterocycles. The molecule has 1 aliphatic heterocycles. The minimum Gasteiger partial charge on any atom is -0.342 e. The largest absolute Gasteiger partial charge is 0.342 e. The molecular weight excluding hydrogens is 288 g/mol. The van der Waals surface area contributed by atoms with Gasteiger partial charge in [-0.3, -0.25) is 9.59 Å². The summed E-state index contributed by atoms with van der Waals surface area (Å²) < 4.78 is 0. The van der Waals surface area contributed by atoms with Crippen molar-refractivity contribution in [1.82, 2.24) is 4.90 Å². The van der Waals surface area contributed by atoms with Crippen molar-refractivity contribution in [3.63, 3.8) is 0 Å². The molecule has 0 spiro atoms. The van der Waals surface area contributed by atoms with Gasteiger partial charge in [0.15, 0.2) is 0 Å². The van der Waals surface area contributed by atoms with Gasteiger partial charge >= 0.3 is 0 Å². The Bertz CT molecular complexity index is 626. The van der Waals surface area contributed by atoms with Gasteiger partial charge in [-0.2, -0.15) is 0 Å². The van der Waals surface area contributed by atoms with Crippen molar-refractivity contribution in [3.8, 4) is 0 Å². The maximum Gasteiger partial charge on any atom is 0.228 e. The number of piperidine rings is 1. The van der Waals surface area contributed by atoms with Crippen LogP contribution >= 0.6 is 0 Å². The normalized spacial score (nSPS) is 26.7. The molecule has 4 nitrogen and oxygen atoms in total. The fourth-order valence-electron chi connectivity index (χ4n) is 3.48. The van der Waals surface area contributed by atoms with Gasteiger partial charge in [-0.05, 0) is 56.2 Å². The van der Waals surface area contributed by atoms with E-state index in [2.05, 4.69) is 12.2 Å². The molecule has 0 bridgehead atoms. The zero-order valence-corrected chi connectivity index (χ0v) is 14.3. The van der Waals surface area contributed by atoms with Gasteiger partial charge in [-0.25, -0.2) is 0 Å². The fourth-order valence-corrected chi connectivity index (χ4v) is 3.48. The van der Waals surface area contributed by atoms with E-state index in [0.29, 0.717) is 12.3 Å². The number of nitrogens with one attached hydrogen (secondary N) is 1. The van der Waals surface area contributed by atoms with Crippen LogP contribution < -0.4 is 5.32 Å². The quantitative estimate of drug-likeness (QED) is 0.932. The number of nitrogens with zero attached hydrogens (tertiary/aromatic N) is 1. The van der Waals surface area contributed by atoms with Gasteiger partial charge in [0.25, 0.3) is 0 Å². The number of amides is 2. The van der Waals surface area contributed by atoms with Gasteiger partial charge in [0, 0.05) is 18.8 Å². The molecule has 1 saturated carbocycles. The monoisotopic (exact) mass is 314 g/mol. The van der Waals surface area contributed by atoms with Crippen LogP contribution in [0.2, 0.25) is 0 Å². The van der Waals surface area contributed by atoms with Crippen LogP contribution in [0.5, 0.6) is 0 Å². The number of rotatable bonds is 3. The predicted octanol–water partition coefficient (Wildman–Crippen LogP) is 3.14. The average Bonchev–Trinajstić information content (AvgIpc) is 3.31. The van der Waals surface area contributed by atoms with Gasteiger partial charge in [-0.1, -0.05) is 19.1 Å². The highest BCUT2D eigenvalue weighted by molar-refractivity contribution is 6.00. The highest BCUT2D eigenvalue weighted by atomic mass is 16.2. The smallest absolute Gasteiger partial charge is 0.228 e. The number of hydrogen-bond donors (Lipinski definition) is 1. The van der Waals surface area contributed by atoms with E-state index in [1.807, 2.05) is 36.9 Å². The Hall–Kier alpha value is -1.84. The molecular formula is C19H26N2O2. The standard InChI is InChI=1S/C19H26N2O2/c1-12-6-7-14(3)17(9-12)20-18(22)15-10-16(15)19(23)21-8-4-5-13(2)11-21/h6-7,9,13,15-16H,4-5,8,10-11H2,1-3H3,(H,20,22). The first kappa shape index (κ1) is 16.0. The number of likely N-dealkylation sites (tertiary alicyclic amines) is 1. The van der Waals surface area contributed by atoms with Crippen molar-refractivity contribution in [1.29, 1.82) is 0 Å². The first-order valence-corrected chi connectivity index (χ1v) is 8.62. The predicted molar refractivity (Wildman–Crippen MR) is 91.1 cm³/mol. The van der Waals surface area contributed by atoms with Crippen molar-refractivity contribution < 1.29 is 9.59 Å². The summed E-state index contributed by atoms with van der Waals surface area (Å²) in [6.45, 7) is 7.89. The van der Waals surface area contributed by atoms with Crippen LogP contribution in [0.15, 0.2) is 18.2 Å². The Balaban J connectivity index is 1.58. The molecule has 3 unspecified atom stereocenters. The molecule has 0 radical (unpaired) electrons. The molecule has 2 amide bonds. The van der Waals surface area contributed by atoms with Gasteiger partial charge in [0.05, 0.1) is 11.8 Å². The summed E-state index contributed by atoms with van der Waals surface area (Å²) in [6.07, 6.45) is 2.98. The third-order valence-electron chi connectivity index (χ3n) is 5.06. The summed E-state index contributed by atoms with van der Waals surface area (Å²) >= 11 is 0. The van der Waals surface area contributed by atoms with E-state index >= 15 is 0 Å². The van der Waals surface area contributed by atoms with Crippen LogP contribution in [-0.4, -0.2) is 29.8 Å². The lowest BCUT2D eigenvalue weighted by Gasteiger charge is -2.31. The highest BCUT2D eigenvalue weighted by Gasteiger charge is 2.49. The second-order valence-electron chi connectivity index (χ2n) is 7.29. The summed E-state index contributed by atoms with van der Waals surface area (Å²) in [5, 5.41) is 3.00. The molecule has 23 heavy (non-hydrogen) atoms. The minimum absolute atomic E-state index is 0.0119. The molecule has 1 aromatic carbocycles. The Morgan fingerprint density at radius 1 is 1.22 bits per heavy atom. The molecule has 1 aliphatic carbocycles. The summed E-state index contributed by atoms with van der Waals surface area (Å²) in [5.74, 6) is 0.485. The van der Waals surface area contributed by atoms with Crippen molar-refractivity contribution in [3.05, 3.63) is 29.3 Å². The second-order valence-corrected chi connectivity index (χ2v) is 7.29. The van der Waals surface area contributed by atoms with Crippen LogP contribution in [0.3, 0.4) is 0 Å². The molecule has 4 heteroatoms. The maximum atomic E-state index is 12.5. The molecule has 1 N–H and O–H groups in total. The summed E-state index contributed by atoms with van der Waals surface area (Å²) in [5.41, 5.74) is 3.04. The minimum atomic E-state index is -0.153. The Kier molecular flexibility index (Phi) is 4.42. The lowest BCUT2D eigenvalue weighted by molar-refractivity contribution is -0.135. The summed E-state index contributed by atoms with van der Waals surface area (Å²) in [6, 6.07) is 6.03. The van der Waals surface area contributed by atoms with E-state index in [4.69, 9.17) is 0 Å². The van der Waals surface area contributed by atoms with Crippen LogP contribution in [0.1, 0.15) is 37.3 Å². The maximum absolute atomic E-state index is 12.5. The van der Waals surface area contributed by atoms with Crippen LogP contribution in [0.4, 0.5) is 5.69 Å². The van der Waals surface area contributed by atoms with Crippen molar-refractivity contribution in [2.75, 3.05) is 18.4 Å².